The van der Waals surface area contributed by atoms with Gasteiger partial charge in [-0.25, -0.2) is 8.42 Å². The first-order valence-corrected chi connectivity index (χ1v) is 9.03. The molecule has 8 heteroatoms. The molecule has 0 aliphatic heterocycles. The van der Waals surface area contributed by atoms with Crippen molar-refractivity contribution in [2.45, 2.75) is 18.7 Å². The van der Waals surface area contributed by atoms with Crippen molar-refractivity contribution >= 4 is 43.2 Å². The summed E-state index contributed by atoms with van der Waals surface area (Å²) in [4.78, 5) is 14.5. The van der Waals surface area contributed by atoms with Gasteiger partial charge in [-0.05, 0) is 59.1 Å². The lowest BCUT2D eigenvalue weighted by Gasteiger charge is -2.10. The van der Waals surface area contributed by atoms with Gasteiger partial charge in [0.15, 0.2) is 0 Å². The van der Waals surface area contributed by atoms with Crippen molar-refractivity contribution in [3.63, 3.8) is 0 Å². The monoisotopic (exact) mass is 388 g/mol. The number of rotatable bonds is 4. The minimum Gasteiger partial charge on any atom is -0.273 e. The van der Waals surface area contributed by atoms with E-state index in [0.717, 1.165) is 9.35 Å². The van der Waals surface area contributed by atoms with Crippen molar-refractivity contribution in [1.29, 1.82) is 0 Å². The number of hydrogen-bond donors (Lipinski definition) is 2. The van der Waals surface area contributed by atoms with Crippen LogP contribution in [0.15, 0.2) is 39.0 Å². The largest absolute Gasteiger partial charge is 0.276 e. The average Bonchev–Trinajstić information content (AvgIpc) is 2.85. The number of nitrogens with one attached hydrogen (secondary N) is 2. The smallest absolute Gasteiger partial charge is 0.273 e. The van der Waals surface area contributed by atoms with E-state index >= 15 is 0 Å². The van der Waals surface area contributed by atoms with Crippen LogP contribution in [0.2, 0.25) is 0 Å². The first-order valence-electron chi connectivity index (χ1n) is 5.94. The minimum absolute atomic E-state index is 0.148. The lowest BCUT2D eigenvalue weighted by molar-refractivity contribution is 0.0949. The van der Waals surface area contributed by atoms with Crippen LogP contribution in [0, 0.1) is 13.8 Å². The molecule has 1 heterocycles. The molecule has 2 N–H and O–H groups in total. The Kier molecular flexibility index (Phi) is 4.82. The van der Waals surface area contributed by atoms with Gasteiger partial charge in [-0.2, -0.15) is 0 Å². The second kappa shape index (κ2) is 6.27. The Morgan fingerprint density at radius 3 is 2.52 bits per heavy atom. The highest BCUT2D eigenvalue weighted by Crippen LogP contribution is 2.22. The Bertz CT molecular complexity index is 784. The number of amides is 1. The summed E-state index contributed by atoms with van der Waals surface area (Å²) in [5, 5.41) is 0. The predicted octanol–water partition coefficient (Wildman–Crippen LogP) is 2.75. The highest BCUT2D eigenvalue weighted by atomic mass is 79.9. The molecular formula is C13H13BrN2O3S2. The second-order valence-electron chi connectivity index (χ2n) is 4.43. The lowest BCUT2D eigenvalue weighted by Crippen LogP contribution is -2.41. The molecule has 0 unspecified atom stereocenters. The van der Waals surface area contributed by atoms with Gasteiger partial charge in [0.25, 0.3) is 15.9 Å². The van der Waals surface area contributed by atoms with Gasteiger partial charge < -0.3 is 0 Å². The Balaban J connectivity index is 2.15. The summed E-state index contributed by atoms with van der Waals surface area (Å²) in [6.45, 7) is 3.51. The normalized spacial score (nSPS) is 11.4. The van der Waals surface area contributed by atoms with Crippen molar-refractivity contribution in [2.24, 2.45) is 0 Å². The molecule has 5 nitrogen and oxygen atoms in total. The SMILES string of the molecule is Cc1ccc(C)c(S(=O)(=O)NNC(=O)c2ccc(Br)s2)c1. The van der Waals surface area contributed by atoms with E-state index in [2.05, 4.69) is 26.2 Å². The van der Waals surface area contributed by atoms with Crippen LogP contribution in [-0.4, -0.2) is 14.3 Å². The fourth-order valence-corrected chi connectivity index (χ4v) is 4.11. The maximum absolute atomic E-state index is 12.2. The molecule has 0 radical (unpaired) electrons. The zero-order valence-electron chi connectivity index (χ0n) is 11.3. The summed E-state index contributed by atoms with van der Waals surface area (Å²) in [5.41, 5.74) is 3.65. The van der Waals surface area contributed by atoms with Gasteiger partial charge in [-0.3, -0.25) is 10.2 Å². The van der Waals surface area contributed by atoms with E-state index in [-0.39, 0.29) is 4.90 Å². The topological polar surface area (TPSA) is 75.3 Å². The van der Waals surface area contributed by atoms with Crippen LogP contribution in [-0.2, 0) is 10.0 Å². The van der Waals surface area contributed by atoms with Crippen LogP contribution in [0.5, 0.6) is 0 Å². The van der Waals surface area contributed by atoms with Gasteiger partial charge in [-0.1, -0.05) is 12.1 Å². The number of hydrogen-bond acceptors (Lipinski definition) is 4. The summed E-state index contributed by atoms with van der Waals surface area (Å²) in [6.07, 6.45) is 0. The van der Waals surface area contributed by atoms with Crippen molar-refractivity contribution < 1.29 is 13.2 Å². The number of hydrazine groups is 1. The molecular weight excluding hydrogens is 376 g/mol. The number of halogens is 1. The standard InChI is InChI=1S/C13H13BrN2O3S2/c1-8-3-4-9(2)11(7-8)21(18,19)16-15-13(17)10-5-6-12(14)20-10/h3-7,16H,1-2H3,(H,15,17). The van der Waals surface area contributed by atoms with Gasteiger partial charge in [0.1, 0.15) is 0 Å². The van der Waals surface area contributed by atoms with Gasteiger partial charge >= 0.3 is 0 Å². The van der Waals surface area contributed by atoms with Crippen molar-refractivity contribution in [3.8, 4) is 0 Å². The van der Waals surface area contributed by atoms with Crippen LogP contribution in [0.1, 0.15) is 20.8 Å². The Labute approximate surface area is 135 Å². The molecule has 0 spiro atoms. The highest BCUT2D eigenvalue weighted by Gasteiger charge is 2.18. The molecule has 1 amide bonds. The van der Waals surface area contributed by atoms with E-state index in [9.17, 15) is 13.2 Å². The molecule has 1 aromatic heterocycles. The summed E-state index contributed by atoms with van der Waals surface area (Å²) in [6, 6.07) is 8.44. The van der Waals surface area contributed by atoms with Gasteiger partial charge in [-0.15, -0.1) is 16.2 Å². The number of sulfonamides is 1. The molecule has 2 rings (SSSR count). The van der Waals surface area contributed by atoms with Crippen molar-refractivity contribution in [1.82, 2.24) is 10.3 Å². The molecule has 0 fully saturated rings. The molecule has 0 bridgehead atoms. The maximum Gasteiger partial charge on any atom is 0.276 e. The van der Waals surface area contributed by atoms with Crippen LogP contribution in [0.4, 0.5) is 0 Å². The highest BCUT2D eigenvalue weighted by molar-refractivity contribution is 9.11. The lowest BCUT2D eigenvalue weighted by atomic mass is 10.2. The fourth-order valence-electron chi connectivity index (χ4n) is 1.66. The van der Waals surface area contributed by atoms with Crippen molar-refractivity contribution in [3.05, 3.63) is 50.1 Å². The Hall–Kier alpha value is -1.22. The number of aryl methyl sites for hydroxylation is 2. The molecule has 2 aromatic rings. The number of thiophene rings is 1. The number of carbonyl (C=O) groups excluding carboxylic acids is 1. The van der Waals surface area contributed by atoms with Crippen LogP contribution in [0.25, 0.3) is 0 Å². The third-order valence-corrected chi connectivity index (χ3v) is 5.74. The maximum atomic E-state index is 12.2. The predicted molar refractivity (Wildman–Crippen MR) is 85.7 cm³/mol. The molecule has 1 aromatic carbocycles. The van der Waals surface area contributed by atoms with E-state index in [1.165, 1.54) is 11.3 Å². The Morgan fingerprint density at radius 2 is 1.90 bits per heavy atom. The van der Waals surface area contributed by atoms with E-state index in [4.69, 9.17) is 0 Å². The third kappa shape index (κ3) is 3.91. The molecule has 112 valence electrons. The minimum atomic E-state index is -3.80. The Morgan fingerprint density at radius 1 is 1.19 bits per heavy atom. The zero-order valence-corrected chi connectivity index (χ0v) is 14.5. The van der Waals surface area contributed by atoms with Crippen molar-refractivity contribution in [2.75, 3.05) is 0 Å². The molecule has 0 aliphatic rings. The first kappa shape index (κ1) is 16.2. The first-order chi connectivity index (χ1) is 9.79. The summed E-state index contributed by atoms with van der Waals surface area (Å²) in [7, 11) is -3.80. The molecule has 21 heavy (non-hydrogen) atoms. The van der Waals surface area contributed by atoms with Gasteiger partial charge in [0, 0.05) is 0 Å². The van der Waals surface area contributed by atoms with Gasteiger partial charge in [0.05, 0.1) is 13.6 Å². The fraction of sp³-hybridized carbons (Fsp3) is 0.154. The van der Waals surface area contributed by atoms with Gasteiger partial charge in [0.2, 0.25) is 0 Å². The molecule has 0 atom stereocenters. The zero-order chi connectivity index (χ0) is 15.6. The summed E-state index contributed by atoms with van der Waals surface area (Å²) in [5.74, 6) is -0.500. The molecule has 0 saturated heterocycles. The van der Waals surface area contributed by atoms with Crippen LogP contribution in [0.3, 0.4) is 0 Å². The summed E-state index contributed by atoms with van der Waals surface area (Å²) >= 11 is 4.46. The number of carbonyl (C=O) groups is 1. The van der Waals surface area contributed by atoms with Crippen LogP contribution < -0.4 is 10.3 Å². The van der Waals surface area contributed by atoms with E-state index in [0.29, 0.717) is 10.4 Å². The van der Waals surface area contributed by atoms with E-state index in [1.807, 2.05) is 6.07 Å². The molecule has 0 saturated carbocycles. The second-order valence-corrected chi connectivity index (χ2v) is 8.55. The number of benzene rings is 1. The average molecular weight is 389 g/mol. The summed E-state index contributed by atoms with van der Waals surface area (Å²) < 4.78 is 25.2. The van der Waals surface area contributed by atoms with Crippen LogP contribution >= 0.6 is 27.3 Å². The van der Waals surface area contributed by atoms with E-state index < -0.39 is 15.9 Å². The van der Waals surface area contributed by atoms with E-state index in [1.54, 1.807) is 38.1 Å². The third-order valence-electron chi connectivity index (χ3n) is 2.73. The quantitative estimate of drug-likeness (QED) is 0.790. The molecule has 0 aliphatic carbocycles.